The zero-order valence-corrected chi connectivity index (χ0v) is 11.9. The van der Waals surface area contributed by atoms with E-state index in [2.05, 4.69) is 5.32 Å². The van der Waals surface area contributed by atoms with Gasteiger partial charge in [0.05, 0.1) is 17.9 Å². The molecule has 0 aliphatic heterocycles. The highest BCUT2D eigenvalue weighted by atomic mass is 32.2. The first-order valence-corrected chi connectivity index (χ1v) is 7.64. The van der Waals surface area contributed by atoms with Crippen LogP contribution in [0.2, 0.25) is 0 Å². The summed E-state index contributed by atoms with van der Waals surface area (Å²) in [6.45, 7) is 0. The molecule has 0 radical (unpaired) electrons. The molecule has 0 fully saturated rings. The molecule has 5 nitrogen and oxygen atoms in total. The second kappa shape index (κ2) is 6.76. The summed E-state index contributed by atoms with van der Waals surface area (Å²) in [5.74, 6) is 0.264. The third kappa shape index (κ3) is 3.74. The van der Waals surface area contributed by atoms with E-state index in [0.717, 1.165) is 11.1 Å². The normalized spacial score (nSPS) is 20.4. The lowest BCUT2D eigenvalue weighted by molar-refractivity contribution is -0.122. The number of hydrogen-bond acceptors (Lipinski definition) is 4. The minimum absolute atomic E-state index is 0.122. The number of amides is 2. The monoisotopic (exact) mass is 294 g/mol. The number of nitrogens with one attached hydrogen (secondary N) is 1. The van der Waals surface area contributed by atoms with Crippen LogP contribution >= 0.6 is 11.8 Å². The molecule has 0 saturated heterocycles. The standard InChI is InChI=1S/C14H18N2O3S/c15-12(18)8-20-6-5-13(19)16-14-10-4-2-1-3-9(10)7-11(14)17/h1-4,11,14,17H,5-8H2,(H2,15,18)(H,16,19)/t11-,14+/m0/s1. The number of hydrogen-bond donors (Lipinski definition) is 3. The Hall–Kier alpha value is -1.53. The zero-order chi connectivity index (χ0) is 14.5. The Kier molecular flexibility index (Phi) is 5.03. The maximum atomic E-state index is 11.8. The third-order valence-corrected chi connectivity index (χ3v) is 4.22. The number of benzene rings is 1. The summed E-state index contributed by atoms with van der Waals surface area (Å²) in [6.07, 6.45) is 0.301. The molecule has 0 unspecified atom stereocenters. The summed E-state index contributed by atoms with van der Waals surface area (Å²) in [7, 11) is 0. The summed E-state index contributed by atoms with van der Waals surface area (Å²) >= 11 is 1.34. The number of fused-ring (bicyclic) bond motifs is 1. The predicted molar refractivity (Wildman–Crippen MR) is 78.2 cm³/mol. The van der Waals surface area contributed by atoms with E-state index in [0.29, 0.717) is 18.6 Å². The van der Waals surface area contributed by atoms with Crippen LogP contribution in [0.3, 0.4) is 0 Å². The predicted octanol–water partition coefficient (Wildman–Crippen LogP) is 0.369. The van der Waals surface area contributed by atoms with Gasteiger partial charge in [0, 0.05) is 18.6 Å². The molecule has 20 heavy (non-hydrogen) atoms. The molecule has 1 aromatic rings. The highest BCUT2D eigenvalue weighted by molar-refractivity contribution is 7.99. The number of nitrogens with two attached hydrogens (primary N) is 1. The molecule has 1 aromatic carbocycles. The minimum atomic E-state index is -0.574. The maximum Gasteiger partial charge on any atom is 0.227 e. The highest BCUT2D eigenvalue weighted by Gasteiger charge is 2.31. The molecule has 0 heterocycles. The molecule has 1 aliphatic rings. The van der Waals surface area contributed by atoms with Gasteiger partial charge in [-0.15, -0.1) is 0 Å². The fourth-order valence-corrected chi connectivity index (χ4v) is 3.01. The summed E-state index contributed by atoms with van der Waals surface area (Å²) in [5.41, 5.74) is 7.08. The van der Waals surface area contributed by atoms with Gasteiger partial charge in [-0.1, -0.05) is 24.3 Å². The van der Waals surface area contributed by atoms with Crippen LogP contribution in [0.1, 0.15) is 23.6 Å². The van der Waals surface area contributed by atoms with E-state index < -0.39 is 6.10 Å². The van der Waals surface area contributed by atoms with Crippen LogP contribution in [0.25, 0.3) is 0 Å². The van der Waals surface area contributed by atoms with Gasteiger partial charge in [-0.3, -0.25) is 9.59 Å². The minimum Gasteiger partial charge on any atom is -0.390 e. The van der Waals surface area contributed by atoms with Crippen molar-refractivity contribution in [2.75, 3.05) is 11.5 Å². The van der Waals surface area contributed by atoms with Gasteiger partial charge in [0.2, 0.25) is 11.8 Å². The number of aliphatic hydroxyl groups excluding tert-OH is 1. The van der Waals surface area contributed by atoms with Gasteiger partial charge in [0.25, 0.3) is 0 Å². The lowest BCUT2D eigenvalue weighted by Crippen LogP contribution is -2.34. The maximum absolute atomic E-state index is 11.8. The van der Waals surface area contributed by atoms with E-state index in [9.17, 15) is 14.7 Å². The van der Waals surface area contributed by atoms with Gasteiger partial charge >= 0.3 is 0 Å². The number of aliphatic hydroxyl groups is 1. The van der Waals surface area contributed by atoms with Gasteiger partial charge in [-0.05, 0) is 11.1 Å². The van der Waals surface area contributed by atoms with Crippen LogP contribution in [0.5, 0.6) is 0 Å². The summed E-state index contributed by atoms with van der Waals surface area (Å²) in [4.78, 5) is 22.4. The molecule has 108 valence electrons. The van der Waals surface area contributed by atoms with E-state index >= 15 is 0 Å². The molecule has 1 aliphatic carbocycles. The van der Waals surface area contributed by atoms with Crippen molar-refractivity contribution in [1.82, 2.24) is 5.32 Å². The van der Waals surface area contributed by atoms with Crippen molar-refractivity contribution in [3.63, 3.8) is 0 Å². The molecule has 2 rings (SSSR count). The van der Waals surface area contributed by atoms with E-state index in [4.69, 9.17) is 5.73 Å². The Bertz CT molecular complexity index is 507. The lowest BCUT2D eigenvalue weighted by atomic mass is 10.1. The van der Waals surface area contributed by atoms with Crippen molar-refractivity contribution in [2.24, 2.45) is 5.73 Å². The van der Waals surface area contributed by atoms with Gasteiger partial charge in [0.15, 0.2) is 0 Å². The van der Waals surface area contributed by atoms with Crippen molar-refractivity contribution in [2.45, 2.75) is 25.0 Å². The fourth-order valence-electron chi connectivity index (χ4n) is 2.33. The molecule has 0 saturated carbocycles. The molecule has 2 atom stereocenters. The summed E-state index contributed by atoms with van der Waals surface area (Å²) < 4.78 is 0. The van der Waals surface area contributed by atoms with Gasteiger partial charge in [-0.25, -0.2) is 0 Å². The Morgan fingerprint density at radius 1 is 1.40 bits per heavy atom. The number of carbonyl (C=O) groups is 2. The van der Waals surface area contributed by atoms with Crippen molar-refractivity contribution >= 4 is 23.6 Å². The number of thioether (sulfide) groups is 1. The third-order valence-electron chi connectivity index (χ3n) is 3.24. The van der Waals surface area contributed by atoms with Crippen LogP contribution in [0.4, 0.5) is 0 Å². The SMILES string of the molecule is NC(=O)CSCCC(=O)N[C@@H]1c2ccccc2C[C@@H]1O. The smallest absolute Gasteiger partial charge is 0.227 e. The largest absolute Gasteiger partial charge is 0.390 e. The Balaban J connectivity index is 1.84. The van der Waals surface area contributed by atoms with Gasteiger partial charge < -0.3 is 16.2 Å². The first-order chi connectivity index (χ1) is 9.58. The summed E-state index contributed by atoms with van der Waals surface area (Å²) in [6, 6.07) is 7.39. The molecular weight excluding hydrogens is 276 g/mol. The quantitative estimate of drug-likeness (QED) is 0.661. The van der Waals surface area contributed by atoms with Crippen molar-refractivity contribution in [1.29, 1.82) is 0 Å². The average molecular weight is 294 g/mol. The van der Waals surface area contributed by atoms with E-state index in [1.807, 2.05) is 24.3 Å². The number of carbonyl (C=O) groups excluding carboxylic acids is 2. The van der Waals surface area contributed by atoms with Gasteiger partial charge in [0.1, 0.15) is 0 Å². The Morgan fingerprint density at radius 3 is 2.90 bits per heavy atom. The molecule has 0 aromatic heterocycles. The van der Waals surface area contributed by atoms with E-state index in [1.165, 1.54) is 11.8 Å². The molecule has 2 amide bonds. The van der Waals surface area contributed by atoms with Crippen LogP contribution in [-0.4, -0.2) is 34.5 Å². The second-order valence-electron chi connectivity index (χ2n) is 4.78. The van der Waals surface area contributed by atoms with Crippen LogP contribution in [-0.2, 0) is 16.0 Å². The lowest BCUT2D eigenvalue weighted by Gasteiger charge is -2.17. The fraction of sp³-hybridized carbons (Fsp3) is 0.429. The van der Waals surface area contributed by atoms with Gasteiger partial charge in [-0.2, -0.15) is 11.8 Å². The number of primary amides is 1. The van der Waals surface area contributed by atoms with Crippen LogP contribution in [0, 0.1) is 0 Å². The first-order valence-electron chi connectivity index (χ1n) is 6.49. The van der Waals surface area contributed by atoms with Crippen LogP contribution < -0.4 is 11.1 Å². The Morgan fingerprint density at radius 2 is 2.15 bits per heavy atom. The average Bonchev–Trinajstić information content (AvgIpc) is 2.71. The zero-order valence-electron chi connectivity index (χ0n) is 11.0. The molecule has 0 bridgehead atoms. The first kappa shape index (κ1) is 14.9. The molecule has 0 spiro atoms. The van der Waals surface area contributed by atoms with Crippen LogP contribution in [0.15, 0.2) is 24.3 Å². The molecular formula is C14H18N2O3S. The second-order valence-corrected chi connectivity index (χ2v) is 5.89. The van der Waals surface area contributed by atoms with Crippen molar-refractivity contribution in [3.8, 4) is 0 Å². The van der Waals surface area contributed by atoms with Crippen molar-refractivity contribution < 1.29 is 14.7 Å². The summed E-state index contributed by atoms with van der Waals surface area (Å²) in [5, 5.41) is 12.9. The Labute approximate surface area is 121 Å². The number of rotatable bonds is 6. The molecule has 4 N–H and O–H groups in total. The highest BCUT2D eigenvalue weighted by Crippen LogP contribution is 2.31. The van der Waals surface area contributed by atoms with E-state index in [-0.39, 0.29) is 23.6 Å². The molecule has 6 heteroatoms. The topological polar surface area (TPSA) is 92.4 Å². The van der Waals surface area contributed by atoms with Crippen molar-refractivity contribution in [3.05, 3.63) is 35.4 Å². The van der Waals surface area contributed by atoms with E-state index in [1.54, 1.807) is 0 Å².